The number of aromatic nitrogens is 3. The minimum absolute atomic E-state index is 0.371. The number of fused-ring (bicyclic) bond motifs is 1. The lowest BCUT2D eigenvalue weighted by Crippen LogP contribution is -1.92. The van der Waals surface area contributed by atoms with Crippen LogP contribution in [-0.2, 0) is 18.4 Å². The summed E-state index contributed by atoms with van der Waals surface area (Å²) in [6.45, 7) is 0.371. The molecule has 0 unspecified atom stereocenters. The van der Waals surface area contributed by atoms with E-state index in [2.05, 4.69) is 16.2 Å². The first kappa shape index (κ1) is 12.4. The summed E-state index contributed by atoms with van der Waals surface area (Å²) >= 11 is 0. The molecular formula is C14H12N4O2. The van der Waals surface area contributed by atoms with Gasteiger partial charge in [0.2, 0.25) is 0 Å². The van der Waals surface area contributed by atoms with Crippen LogP contribution in [0.4, 0.5) is 0 Å². The summed E-state index contributed by atoms with van der Waals surface area (Å²) in [5.41, 5.74) is 2.93. The maximum Gasteiger partial charge on any atom is 0.163 e. The lowest BCUT2D eigenvalue weighted by Gasteiger charge is -1.97. The molecule has 6 nitrogen and oxygen atoms in total. The SMILES string of the molecule is COCc1cc(-c2nc3cc(C#N)ccc3n2C)no1. The van der Waals surface area contributed by atoms with Crippen molar-refractivity contribution in [2.45, 2.75) is 6.61 Å². The smallest absolute Gasteiger partial charge is 0.163 e. The van der Waals surface area contributed by atoms with Gasteiger partial charge in [-0.25, -0.2) is 4.98 Å². The standard InChI is InChI=1S/C14H12N4O2/c1-18-13-4-3-9(7-15)5-11(13)16-14(18)12-6-10(8-19-2)20-17-12/h3-6H,8H2,1-2H3. The fourth-order valence-corrected chi connectivity index (χ4v) is 2.13. The van der Waals surface area contributed by atoms with Crippen molar-refractivity contribution in [2.75, 3.05) is 7.11 Å². The van der Waals surface area contributed by atoms with E-state index in [0.29, 0.717) is 29.4 Å². The lowest BCUT2D eigenvalue weighted by atomic mass is 10.2. The van der Waals surface area contributed by atoms with E-state index in [-0.39, 0.29) is 0 Å². The Labute approximate surface area is 115 Å². The van der Waals surface area contributed by atoms with Crippen LogP contribution in [0.25, 0.3) is 22.6 Å². The first-order valence-electron chi connectivity index (χ1n) is 6.04. The van der Waals surface area contributed by atoms with Crippen LogP contribution in [0.1, 0.15) is 11.3 Å². The molecule has 0 bridgehead atoms. The molecule has 3 aromatic rings. The maximum atomic E-state index is 8.93. The van der Waals surface area contributed by atoms with Crippen LogP contribution in [0.3, 0.4) is 0 Å². The van der Waals surface area contributed by atoms with E-state index in [1.165, 1.54) is 0 Å². The number of methoxy groups -OCH3 is 1. The Balaban J connectivity index is 2.11. The van der Waals surface area contributed by atoms with Crippen molar-refractivity contribution in [3.05, 3.63) is 35.6 Å². The number of nitrogens with zero attached hydrogens (tertiary/aromatic N) is 4. The van der Waals surface area contributed by atoms with Gasteiger partial charge >= 0.3 is 0 Å². The Morgan fingerprint density at radius 1 is 1.40 bits per heavy atom. The Kier molecular flexibility index (Phi) is 2.97. The second kappa shape index (κ2) is 4.79. The molecule has 0 radical (unpaired) electrons. The van der Waals surface area contributed by atoms with Gasteiger partial charge < -0.3 is 13.8 Å². The average Bonchev–Trinajstić information content (AvgIpc) is 3.04. The molecule has 2 heterocycles. The van der Waals surface area contributed by atoms with Crippen LogP contribution in [0.15, 0.2) is 28.8 Å². The lowest BCUT2D eigenvalue weighted by molar-refractivity contribution is 0.156. The summed E-state index contributed by atoms with van der Waals surface area (Å²) in [7, 11) is 3.50. The normalized spacial score (nSPS) is 10.8. The highest BCUT2D eigenvalue weighted by Gasteiger charge is 2.14. The van der Waals surface area contributed by atoms with Crippen molar-refractivity contribution < 1.29 is 9.26 Å². The zero-order valence-electron chi connectivity index (χ0n) is 11.1. The van der Waals surface area contributed by atoms with Crippen LogP contribution >= 0.6 is 0 Å². The summed E-state index contributed by atoms with van der Waals surface area (Å²) < 4.78 is 12.1. The summed E-state index contributed by atoms with van der Waals surface area (Å²) in [6.07, 6.45) is 0. The van der Waals surface area contributed by atoms with Crippen LogP contribution in [-0.4, -0.2) is 21.8 Å². The molecule has 6 heteroatoms. The minimum Gasteiger partial charge on any atom is -0.377 e. The van der Waals surface area contributed by atoms with Crippen LogP contribution < -0.4 is 0 Å². The highest BCUT2D eigenvalue weighted by atomic mass is 16.5. The number of hydrogen-bond acceptors (Lipinski definition) is 5. The largest absolute Gasteiger partial charge is 0.377 e. The fraction of sp³-hybridized carbons (Fsp3) is 0.214. The monoisotopic (exact) mass is 268 g/mol. The van der Waals surface area contributed by atoms with Crippen molar-refractivity contribution in [1.82, 2.24) is 14.7 Å². The number of aryl methyl sites for hydroxylation is 1. The molecule has 20 heavy (non-hydrogen) atoms. The number of ether oxygens (including phenoxy) is 1. The minimum atomic E-state index is 0.371. The van der Waals surface area contributed by atoms with E-state index in [1.54, 1.807) is 25.3 Å². The molecule has 0 saturated heterocycles. The zero-order chi connectivity index (χ0) is 14.1. The van der Waals surface area contributed by atoms with E-state index in [0.717, 1.165) is 11.0 Å². The number of hydrogen-bond donors (Lipinski definition) is 0. The van der Waals surface area contributed by atoms with Gasteiger partial charge in [0, 0.05) is 20.2 Å². The molecular weight excluding hydrogens is 256 g/mol. The van der Waals surface area contributed by atoms with Gasteiger partial charge in [0.25, 0.3) is 0 Å². The van der Waals surface area contributed by atoms with Gasteiger partial charge in [-0.05, 0) is 18.2 Å². The van der Waals surface area contributed by atoms with Crippen molar-refractivity contribution in [3.8, 4) is 17.6 Å². The third kappa shape index (κ3) is 1.94. The van der Waals surface area contributed by atoms with Crippen molar-refractivity contribution in [3.63, 3.8) is 0 Å². The number of imidazole rings is 1. The third-order valence-corrected chi connectivity index (χ3v) is 3.08. The predicted octanol–water partition coefficient (Wildman–Crippen LogP) is 2.25. The molecule has 1 aromatic carbocycles. The molecule has 2 aromatic heterocycles. The van der Waals surface area contributed by atoms with Gasteiger partial charge in [-0.3, -0.25) is 0 Å². The average molecular weight is 268 g/mol. The molecule has 0 amide bonds. The molecule has 0 N–H and O–H groups in total. The van der Waals surface area contributed by atoms with E-state index in [1.807, 2.05) is 17.7 Å². The summed E-state index contributed by atoms with van der Waals surface area (Å²) in [5.74, 6) is 1.34. The highest BCUT2D eigenvalue weighted by molar-refractivity contribution is 5.81. The zero-order valence-corrected chi connectivity index (χ0v) is 11.1. The number of rotatable bonds is 3. The van der Waals surface area contributed by atoms with E-state index >= 15 is 0 Å². The van der Waals surface area contributed by atoms with Crippen LogP contribution in [0, 0.1) is 11.3 Å². The van der Waals surface area contributed by atoms with Crippen molar-refractivity contribution in [2.24, 2.45) is 7.05 Å². The van der Waals surface area contributed by atoms with E-state index < -0.39 is 0 Å². The first-order chi connectivity index (χ1) is 9.72. The second-order valence-corrected chi connectivity index (χ2v) is 4.42. The van der Waals surface area contributed by atoms with Gasteiger partial charge in [-0.15, -0.1) is 0 Å². The summed E-state index contributed by atoms with van der Waals surface area (Å²) in [5, 5.41) is 12.9. The molecule has 0 aliphatic carbocycles. The number of benzene rings is 1. The Morgan fingerprint density at radius 3 is 3.00 bits per heavy atom. The van der Waals surface area contributed by atoms with E-state index in [4.69, 9.17) is 14.5 Å². The summed E-state index contributed by atoms with van der Waals surface area (Å²) in [6, 6.07) is 9.32. The van der Waals surface area contributed by atoms with Gasteiger partial charge in [-0.1, -0.05) is 5.16 Å². The molecule has 0 aliphatic rings. The third-order valence-electron chi connectivity index (χ3n) is 3.08. The van der Waals surface area contributed by atoms with Crippen LogP contribution in [0.5, 0.6) is 0 Å². The summed E-state index contributed by atoms with van der Waals surface area (Å²) in [4.78, 5) is 4.51. The van der Waals surface area contributed by atoms with Crippen molar-refractivity contribution in [1.29, 1.82) is 5.26 Å². The quantitative estimate of drug-likeness (QED) is 0.728. The number of nitriles is 1. The van der Waals surface area contributed by atoms with E-state index in [9.17, 15) is 0 Å². The Morgan fingerprint density at radius 2 is 2.25 bits per heavy atom. The molecule has 3 rings (SSSR count). The van der Waals surface area contributed by atoms with Gasteiger partial charge in [0.15, 0.2) is 11.6 Å². The van der Waals surface area contributed by atoms with Crippen LogP contribution in [0.2, 0.25) is 0 Å². The molecule has 0 saturated carbocycles. The molecule has 0 aliphatic heterocycles. The van der Waals surface area contributed by atoms with Gasteiger partial charge in [0.1, 0.15) is 12.3 Å². The predicted molar refractivity (Wildman–Crippen MR) is 71.6 cm³/mol. The molecule has 0 fully saturated rings. The van der Waals surface area contributed by atoms with Crippen molar-refractivity contribution >= 4 is 11.0 Å². The maximum absolute atomic E-state index is 8.93. The molecule has 0 spiro atoms. The highest BCUT2D eigenvalue weighted by Crippen LogP contribution is 2.24. The fourth-order valence-electron chi connectivity index (χ4n) is 2.13. The Bertz CT molecular complexity index is 810. The molecule has 0 atom stereocenters. The topological polar surface area (TPSA) is 76.9 Å². The first-order valence-corrected chi connectivity index (χ1v) is 6.04. The molecule has 100 valence electrons. The Hall–Kier alpha value is -2.65. The van der Waals surface area contributed by atoms with Gasteiger partial charge in [-0.2, -0.15) is 5.26 Å². The van der Waals surface area contributed by atoms with Gasteiger partial charge in [0.05, 0.1) is 22.7 Å². The second-order valence-electron chi connectivity index (χ2n) is 4.42.